The van der Waals surface area contributed by atoms with Crippen LogP contribution in [0.2, 0.25) is 0 Å². The predicted octanol–water partition coefficient (Wildman–Crippen LogP) is 4.65. The summed E-state index contributed by atoms with van der Waals surface area (Å²) in [5.41, 5.74) is 5.56. The number of rotatable bonds is 4. The van der Waals surface area contributed by atoms with Gasteiger partial charge in [0.05, 0.1) is 0 Å². The van der Waals surface area contributed by atoms with Crippen molar-refractivity contribution in [3.8, 4) is 11.9 Å². The fraction of sp³-hybridized carbons (Fsp3) is 0.174. The number of aromatic nitrogens is 2. The molecule has 0 fully saturated rings. The van der Waals surface area contributed by atoms with Crippen LogP contribution in [0.4, 0.5) is 5.69 Å². The molecule has 0 aliphatic carbocycles. The number of nitrogens with one attached hydrogen (secondary N) is 1. The Labute approximate surface area is 165 Å². The first kappa shape index (κ1) is 19.1. The summed E-state index contributed by atoms with van der Waals surface area (Å²) in [6.07, 6.45) is 3.36. The van der Waals surface area contributed by atoms with Gasteiger partial charge in [0.1, 0.15) is 17.5 Å². The zero-order chi connectivity index (χ0) is 20.3. The summed E-state index contributed by atoms with van der Waals surface area (Å²) in [5, 5.41) is 12.3. The molecule has 140 valence electrons. The normalized spacial score (nSPS) is 11.2. The van der Waals surface area contributed by atoms with Crippen molar-refractivity contribution in [2.75, 3.05) is 5.32 Å². The number of carbonyl (C=O) groups excluding carboxylic acids is 1. The molecule has 5 nitrogen and oxygen atoms in total. The van der Waals surface area contributed by atoms with E-state index in [4.69, 9.17) is 0 Å². The molecule has 1 amide bonds. The summed E-state index contributed by atoms with van der Waals surface area (Å²) >= 11 is 0. The highest BCUT2D eigenvalue weighted by Gasteiger charge is 2.14. The molecule has 28 heavy (non-hydrogen) atoms. The highest BCUT2D eigenvalue weighted by Crippen LogP contribution is 2.22. The van der Waals surface area contributed by atoms with Crippen molar-refractivity contribution in [2.24, 2.45) is 0 Å². The zero-order valence-electron chi connectivity index (χ0n) is 16.4. The van der Waals surface area contributed by atoms with Gasteiger partial charge in [0.25, 0.3) is 5.91 Å². The Morgan fingerprint density at radius 1 is 1.11 bits per heavy atom. The molecule has 3 rings (SSSR count). The second kappa shape index (κ2) is 7.93. The van der Waals surface area contributed by atoms with Crippen molar-refractivity contribution in [3.05, 3.63) is 82.3 Å². The summed E-state index contributed by atoms with van der Waals surface area (Å²) in [4.78, 5) is 17.0. The molecule has 2 aromatic heterocycles. The van der Waals surface area contributed by atoms with E-state index in [0.717, 1.165) is 33.9 Å². The quantitative estimate of drug-likeness (QED) is 0.537. The average Bonchev–Trinajstić information content (AvgIpc) is 2.92. The maximum absolute atomic E-state index is 12.6. The molecule has 0 spiro atoms. The van der Waals surface area contributed by atoms with E-state index in [9.17, 15) is 10.1 Å². The van der Waals surface area contributed by atoms with Gasteiger partial charge >= 0.3 is 0 Å². The molecule has 1 aromatic carbocycles. The third-order valence-corrected chi connectivity index (χ3v) is 4.49. The standard InChI is InChI=1S/C23H22N4O/c1-15-9-16(2)11-21(10-15)26-23(28)20(14-24)13-19-12-17(3)27(18(19)4)22-7-5-6-8-25-22/h5-13H,1-4H3,(H,26,28)/b20-13-. The third-order valence-electron chi connectivity index (χ3n) is 4.49. The molecule has 0 bridgehead atoms. The number of hydrogen-bond donors (Lipinski definition) is 1. The number of nitriles is 1. The lowest BCUT2D eigenvalue weighted by molar-refractivity contribution is -0.112. The van der Waals surface area contributed by atoms with Gasteiger partial charge in [0.2, 0.25) is 0 Å². The fourth-order valence-electron chi connectivity index (χ4n) is 3.32. The van der Waals surface area contributed by atoms with Crippen molar-refractivity contribution < 1.29 is 4.79 Å². The first-order valence-corrected chi connectivity index (χ1v) is 9.01. The van der Waals surface area contributed by atoms with Crippen LogP contribution in [0.15, 0.2) is 54.2 Å². The number of aryl methyl sites for hydroxylation is 3. The largest absolute Gasteiger partial charge is 0.321 e. The molecule has 3 aromatic rings. The third kappa shape index (κ3) is 4.02. The molecule has 1 N–H and O–H groups in total. The summed E-state index contributed by atoms with van der Waals surface area (Å²) in [6, 6.07) is 15.5. The van der Waals surface area contributed by atoms with E-state index in [1.807, 2.05) is 80.8 Å². The second-order valence-corrected chi connectivity index (χ2v) is 6.85. The van der Waals surface area contributed by atoms with Crippen LogP contribution >= 0.6 is 0 Å². The zero-order valence-corrected chi connectivity index (χ0v) is 16.4. The minimum Gasteiger partial charge on any atom is -0.321 e. The van der Waals surface area contributed by atoms with E-state index < -0.39 is 5.91 Å². The lowest BCUT2D eigenvalue weighted by Crippen LogP contribution is -2.13. The second-order valence-electron chi connectivity index (χ2n) is 6.85. The number of nitrogens with zero attached hydrogens (tertiary/aromatic N) is 3. The molecule has 0 aliphatic rings. The molecule has 5 heteroatoms. The Morgan fingerprint density at radius 3 is 2.43 bits per heavy atom. The van der Waals surface area contributed by atoms with Crippen LogP contribution in [-0.2, 0) is 4.79 Å². The minimum atomic E-state index is -0.421. The lowest BCUT2D eigenvalue weighted by atomic mass is 10.1. The van der Waals surface area contributed by atoms with Gasteiger partial charge in [-0.25, -0.2) is 4.98 Å². The van der Waals surface area contributed by atoms with Crippen LogP contribution in [-0.4, -0.2) is 15.5 Å². The van der Waals surface area contributed by atoms with Gasteiger partial charge in [0, 0.05) is 23.3 Å². The molecule has 0 unspecified atom stereocenters. The molecule has 2 heterocycles. The van der Waals surface area contributed by atoms with Crippen molar-refractivity contribution in [1.29, 1.82) is 5.26 Å². The van der Waals surface area contributed by atoms with E-state index >= 15 is 0 Å². The highest BCUT2D eigenvalue weighted by atomic mass is 16.1. The van der Waals surface area contributed by atoms with Crippen molar-refractivity contribution in [2.45, 2.75) is 27.7 Å². The van der Waals surface area contributed by atoms with Crippen LogP contribution < -0.4 is 5.32 Å². The maximum Gasteiger partial charge on any atom is 0.266 e. The van der Waals surface area contributed by atoms with Gasteiger partial charge in [-0.05, 0) is 80.8 Å². The van der Waals surface area contributed by atoms with Crippen LogP contribution in [0.5, 0.6) is 0 Å². The SMILES string of the molecule is Cc1cc(C)cc(NC(=O)/C(C#N)=C\c2cc(C)n(-c3ccccn3)c2C)c1. The predicted molar refractivity (Wildman–Crippen MR) is 111 cm³/mol. The van der Waals surface area contributed by atoms with Gasteiger partial charge in [-0.1, -0.05) is 12.1 Å². The van der Waals surface area contributed by atoms with E-state index in [-0.39, 0.29) is 5.57 Å². The van der Waals surface area contributed by atoms with Gasteiger partial charge < -0.3 is 9.88 Å². The Bertz CT molecular complexity index is 1080. The van der Waals surface area contributed by atoms with Crippen molar-refractivity contribution in [1.82, 2.24) is 9.55 Å². The number of benzene rings is 1. The smallest absolute Gasteiger partial charge is 0.266 e. The Kier molecular flexibility index (Phi) is 5.42. The molecular formula is C23H22N4O. The average molecular weight is 370 g/mol. The molecular weight excluding hydrogens is 348 g/mol. The van der Waals surface area contributed by atoms with Gasteiger partial charge in [-0.3, -0.25) is 4.79 Å². The highest BCUT2D eigenvalue weighted by molar-refractivity contribution is 6.09. The molecule has 0 atom stereocenters. The summed E-state index contributed by atoms with van der Waals surface area (Å²) in [6.45, 7) is 7.86. The number of hydrogen-bond acceptors (Lipinski definition) is 3. The topological polar surface area (TPSA) is 70.7 Å². The maximum atomic E-state index is 12.6. The molecule has 0 saturated carbocycles. The van der Waals surface area contributed by atoms with E-state index in [1.54, 1.807) is 12.3 Å². The van der Waals surface area contributed by atoms with E-state index in [0.29, 0.717) is 5.69 Å². The number of pyridine rings is 1. The number of amides is 1. The van der Waals surface area contributed by atoms with Crippen LogP contribution in [0.3, 0.4) is 0 Å². The lowest BCUT2D eigenvalue weighted by Gasteiger charge is -2.08. The monoisotopic (exact) mass is 370 g/mol. The first-order valence-electron chi connectivity index (χ1n) is 9.01. The summed E-state index contributed by atoms with van der Waals surface area (Å²) in [7, 11) is 0. The van der Waals surface area contributed by atoms with Gasteiger partial charge in [0.15, 0.2) is 0 Å². The van der Waals surface area contributed by atoms with Crippen molar-refractivity contribution >= 4 is 17.7 Å². The molecule has 0 saturated heterocycles. The molecule has 0 radical (unpaired) electrons. The van der Waals surface area contributed by atoms with Crippen LogP contribution in [0, 0.1) is 39.0 Å². The summed E-state index contributed by atoms with van der Waals surface area (Å²) < 4.78 is 2.00. The van der Waals surface area contributed by atoms with Gasteiger partial charge in [-0.15, -0.1) is 0 Å². The number of carbonyl (C=O) groups is 1. The Morgan fingerprint density at radius 2 is 1.82 bits per heavy atom. The van der Waals surface area contributed by atoms with Gasteiger partial charge in [-0.2, -0.15) is 5.26 Å². The van der Waals surface area contributed by atoms with Crippen LogP contribution in [0.25, 0.3) is 11.9 Å². The van der Waals surface area contributed by atoms with Crippen LogP contribution in [0.1, 0.15) is 28.1 Å². The fourth-order valence-corrected chi connectivity index (χ4v) is 3.32. The Balaban J connectivity index is 1.93. The van der Waals surface area contributed by atoms with Crippen molar-refractivity contribution in [3.63, 3.8) is 0 Å². The molecule has 0 aliphatic heterocycles. The Hall–Kier alpha value is -3.65. The number of anilines is 1. The minimum absolute atomic E-state index is 0.0560. The summed E-state index contributed by atoms with van der Waals surface area (Å²) in [5.74, 6) is 0.380. The van der Waals surface area contributed by atoms with E-state index in [2.05, 4.69) is 10.3 Å². The first-order chi connectivity index (χ1) is 13.4. The van der Waals surface area contributed by atoms with E-state index in [1.165, 1.54) is 0 Å².